The Kier molecular flexibility index (Phi) is 8.08. The van der Waals surface area contributed by atoms with E-state index in [1.54, 1.807) is 7.11 Å². The number of benzene rings is 2. The normalized spacial score (nSPS) is 16.4. The summed E-state index contributed by atoms with van der Waals surface area (Å²) in [6.07, 6.45) is 3.41. The fourth-order valence-electron chi connectivity index (χ4n) is 5.19. The van der Waals surface area contributed by atoms with Crippen molar-refractivity contribution in [2.45, 2.75) is 69.2 Å². The lowest BCUT2D eigenvalue weighted by Gasteiger charge is -2.44. The van der Waals surface area contributed by atoms with Crippen LogP contribution in [0.5, 0.6) is 11.6 Å². The van der Waals surface area contributed by atoms with E-state index in [0.717, 1.165) is 48.6 Å². The number of rotatable bonds is 6. The van der Waals surface area contributed by atoms with Crippen molar-refractivity contribution in [3.63, 3.8) is 0 Å². The first-order chi connectivity index (χ1) is 18.7. The second-order valence-corrected chi connectivity index (χ2v) is 12.4. The molecule has 1 saturated heterocycles. The van der Waals surface area contributed by atoms with Crippen molar-refractivity contribution in [1.82, 2.24) is 9.88 Å². The molecule has 5 rings (SSSR count). The van der Waals surface area contributed by atoms with Gasteiger partial charge in [-0.1, -0.05) is 36.4 Å². The molecule has 0 atom stereocenters. The lowest BCUT2D eigenvalue weighted by molar-refractivity contribution is -0.0272. The van der Waals surface area contributed by atoms with Crippen LogP contribution in [0.2, 0.25) is 0 Å². The Bertz CT molecular complexity index is 1290. The minimum absolute atomic E-state index is 0.188. The molecule has 2 aliphatic heterocycles. The van der Waals surface area contributed by atoms with Gasteiger partial charge >= 0.3 is 6.09 Å². The summed E-state index contributed by atoms with van der Waals surface area (Å²) in [6, 6.07) is 21.3. The van der Waals surface area contributed by atoms with E-state index in [4.69, 9.17) is 14.2 Å². The molecular formula is C32H38N2O4S. The zero-order valence-corrected chi connectivity index (χ0v) is 24.2. The number of hydrogen-bond acceptors (Lipinski definition) is 6. The third-order valence-electron chi connectivity index (χ3n) is 7.36. The number of hydrogen-bond donors (Lipinski definition) is 0. The van der Waals surface area contributed by atoms with E-state index in [-0.39, 0.29) is 11.7 Å². The summed E-state index contributed by atoms with van der Waals surface area (Å²) in [5, 5.41) is 0. The maximum absolute atomic E-state index is 12.5. The van der Waals surface area contributed by atoms with Gasteiger partial charge in [-0.2, -0.15) is 11.8 Å². The molecule has 1 amide bonds. The monoisotopic (exact) mass is 546 g/mol. The SMILES string of the molecule is COc1cccc(CSCc2ccc(-c3ccc4c(c3)CCC3(CCN(C(=O)OC(C)(C)C)CC3)O4)cc2)n1. The van der Waals surface area contributed by atoms with Gasteiger partial charge in [-0.25, -0.2) is 9.78 Å². The highest BCUT2D eigenvalue weighted by molar-refractivity contribution is 7.97. The van der Waals surface area contributed by atoms with Gasteiger partial charge in [-0.15, -0.1) is 0 Å². The minimum Gasteiger partial charge on any atom is -0.487 e. The first-order valence-corrected chi connectivity index (χ1v) is 14.8. The first-order valence-electron chi connectivity index (χ1n) is 13.7. The van der Waals surface area contributed by atoms with Gasteiger partial charge in [0.2, 0.25) is 5.88 Å². The van der Waals surface area contributed by atoms with Crippen molar-refractivity contribution in [3.05, 3.63) is 77.5 Å². The van der Waals surface area contributed by atoms with Crippen LogP contribution in [0.4, 0.5) is 4.79 Å². The predicted molar refractivity (Wildman–Crippen MR) is 156 cm³/mol. The van der Waals surface area contributed by atoms with Gasteiger partial charge < -0.3 is 19.1 Å². The number of fused-ring (bicyclic) bond motifs is 1. The number of likely N-dealkylation sites (tertiary alicyclic amines) is 1. The molecule has 2 aliphatic rings. The Balaban J connectivity index is 1.15. The average Bonchev–Trinajstić information content (AvgIpc) is 2.93. The molecule has 6 nitrogen and oxygen atoms in total. The molecule has 3 aromatic rings. The lowest BCUT2D eigenvalue weighted by atomic mass is 9.82. The van der Waals surface area contributed by atoms with E-state index in [9.17, 15) is 4.79 Å². The summed E-state index contributed by atoms with van der Waals surface area (Å²) in [7, 11) is 1.64. The van der Waals surface area contributed by atoms with E-state index in [0.29, 0.717) is 19.0 Å². The molecule has 7 heteroatoms. The zero-order valence-electron chi connectivity index (χ0n) is 23.4. The molecule has 2 aromatic carbocycles. The molecule has 0 saturated carbocycles. The predicted octanol–water partition coefficient (Wildman–Crippen LogP) is 7.29. The van der Waals surface area contributed by atoms with Gasteiger partial charge in [0.15, 0.2) is 0 Å². The highest BCUT2D eigenvalue weighted by Crippen LogP contribution is 2.41. The van der Waals surface area contributed by atoms with Crippen LogP contribution in [-0.2, 0) is 22.7 Å². The number of aryl methyl sites for hydroxylation is 1. The summed E-state index contributed by atoms with van der Waals surface area (Å²) in [4.78, 5) is 18.8. The van der Waals surface area contributed by atoms with Crippen LogP contribution in [0.1, 0.15) is 56.9 Å². The van der Waals surface area contributed by atoms with Gasteiger partial charge in [-0.3, -0.25) is 0 Å². The van der Waals surface area contributed by atoms with E-state index in [2.05, 4.69) is 47.4 Å². The molecule has 1 fully saturated rings. The van der Waals surface area contributed by atoms with Crippen LogP contribution in [0.15, 0.2) is 60.7 Å². The van der Waals surface area contributed by atoms with Crippen LogP contribution in [0.25, 0.3) is 11.1 Å². The number of ether oxygens (including phenoxy) is 3. The molecule has 3 heterocycles. The summed E-state index contributed by atoms with van der Waals surface area (Å²) in [5.41, 5.74) is 5.36. The third-order valence-corrected chi connectivity index (χ3v) is 8.40. The average molecular weight is 547 g/mol. The summed E-state index contributed by atoms with van der Waals surface area (Å²) in [6.45, 7) is 7.05. The Morgan fingerprint density at radius 2 is 1.74 bits per heavy atom. The number of methoxy groups -OCH3 is 1. The van der Waals surface area contributed by atoms with Crippen molar-refractivity contribution in [1.29, 1.82) is 0 Å². The molecule has 0 N–H and O–H groups in total. The third kappa shape index (κ3) is 6.88. The Morgan fingerprint density at radius 1 is 1.00 bits per heavy atom. The van der Waals surface area contributed by atoms with Crippen LogP contribution in [-0.4, -0.2) is 47.4 Å². The fraction of sp³-hybridized carbons (Fsp3) is 0.438. The maximum Gasteiger partial charge on any atom is 0.410 e. The molecule has 1 aromatic heterocycles. The molecule has 39 heavy (non-hydrogen) atoms. The van der Waals surface area contributed by atoms with Crippen molar-refractivity contribution in [3.8, 4) is 22.8 Å². The Morgan fingerprint density at radius 3 is 2.46 bits per heavy atom. The zero-order chi connectivity index (χ0) is 27.5. The molecule has 0 aliphatic carbocycles. The van der Waals surface area contributed by atoms with Crippen LogP contribution in [0.3, 0.4) is 0 Å². The minimum atomic E-state index is -0.474. The second-order valence-electron chi connectivity index (χ2n) is 11.4. The number of nitrogens with zero attached hydrogens (tertiary/aromatic N) is 2. The molecule has 0 bridgehead atoms. The molecule has 0 unspecified atom stereocenters. The van der Waals surface area contributed by atoms with Gasteiger partial charge in [0.1, 0.15) is 17.0 Å². The second kappa shape index (κ2) is 11.5. The van der Waals surface area contributed by atoms with E-state index in [1.165, 1.54) is 22.3 Å². The quantitative estimate of drug-likeness (QED) is 0.324. The van der Waals surface area contributed by atoms with Gasteiger partial charge in [-0.05, 0) is 74.1 Å². The maximum atomic E-state index is 12.5. The van der Waals surface area contributed by atoms with Crippen LogP contribution >= 0.6 is 11.8 Å². The fourth-order valence-corrected chi connectivity index (χ4v) is 6.09. The van der Waals surface area contributed by atoms with Crippen molar-refractivity contribution in [2.24, 2.45) is 0 Å². The largest absolute Gasteiger partial charge is 0.487 e. The Labute approximate surface area is 236 Å². The van der Waals surface area contributed by atoms with Crippen LogP contribution in [0, 0.1) is 0 Å². The number of piperidine rings is 1. The highest BCUT2D eigenvalue weighted by atomic mass is 32.2. The summed E-state index contributed by atoms with van der Waals surface area (Å²) in [5.74, 6) is 3.43. The first kappa shape index (κ1) is 27.4. The topological polar surface area (TPSA) is 60.9 Å². The van der Waals surface area contributed by atoms with Gasteiger partial charge in [0.05, 0.1) is 12.8 Å². The molecular weight excluding hydrogens is 508 g/mol. The van der Waals surface area contributed by atoms with E-state index < -0.39 is 5.60 Å². The van der Waals surface area contributed by atoms with E-state index >= 15 is 0 Å². The molecule has 0 radical (unpaired) electrons. The van der Waals surface area contributed by atoms with E-state index in [1.807, 2.05) is 55.6 Å². The lowest BCUT2D eigenvalue weighted by Crippen LogP contribution is -2.52. The smallest absolute Gasteiger partial charge is 0.410 e. The summed E-state index contributed by atoms with van der Waals surface area (Å²) < 4.78 is 17.4. The number of carbonyl (C=O) groups excluding carboxylic acids is 1. The standard InChI is InChI=1S/C32H38N2O4S/c1-31(2,3)38-30(35)34-18-16-32(17-19-34)15-14-26-20-25(12-13-28(26)37-32)24-10-8-23(9-11-24)21-39-22-27-6-5-7-29(33-27)36-4/h5-13,20H,14-19,21-22H2,1-4H3. The molecule has 1 spiro atoms. The number of aromatic nitrogens is 1. The van der Waals surface area contributed by atoms with Crippen LogP contribution < -0.4 is 9.47 Å². The van der Waals surface area contributed by atoms with Crippen molar-refractivity contribution < 1.29 is 19.0 Å². The number of thioether (sulfide) groups is 1. The van der Waals surface area contributed by atoms with Gasteiger partial charge in [0.25, 0.3) is 0 Å². The van der Waals surface area contributed by atoms with Gasteiger partial charge in [0, 0.05) is 43.5 Å². The number of carbonyl (C=O) groups is 1. The molecule has 206 valence electrons. The number of amides is 1. The highest BCUT2D eigenvalue weighted by Gasteiger charge is 2.41. The van der Waals surface area contributed by atoms with Crippen molar-refractivity contribution >= 4 is 17.9 Å². The van der Waals surface area contributed by atoms with Crippen molar-refractivity contribution in [2.75, 3.05) is 20.2 Å². The Hall–Kier alpha value is -3.19. The summed E-state index contributed by atoms with van der Waals surface area (Å²) >= 11 is 1.85. The number of pyridine rings is 1.